The number of hydrogen-bond acceptors (Lipinski definition) is 18. The highest BCUT2D eigenvalue weighted by Crippen LogP contribution is 2.56. The van der Waals surface area contributed by atoms with E-state index in [0.717, 1.165) is 28.4 Å². The summed E-state index contributed by atoms with van der Waals surface area (Å²) >= 11 is 0. The predicted molar refractivity (Wildman–Crippen MR) is 122 cm³/mol. The van der Waals surface area contributed by atoms with Crippen molar-refractivity contribution in [2.45, 2.75) is 0 Å². The summed E-state index contributed by atoms with van der Waals surface area (Å²) in [4.78, 5) is 58.0. The first-order chi connectivity index (χ1) is 18.5. The first-order valence-electron chi connectivity index (χ1n) is 9.43. The summed E-state index contributed by atoms with van der Waals surface area (Å²) in [5, 5.41) is 84.4. The zero-order chi connectivity index (χ0) is 31.2. The quantitative estimate of drug-likeness (QED) is 0.301. The van der Waals surface area contributed by atoms with Gasteiger partial charge >= 0.3 is 34.1 Å². The molecule has 0 aliphatic carbocycles. The Balaban J connectivity index is 0.000000400. The summed E-state index contributed by atoms with van der Waals surface area (Å²) < 4.78 is 18.0. The number of benzene rings is 2. The van der Waals surface area contributed by atoms with Crippen LogP contribution in [0, 0.1) is 60.7 Å². The van der Waals surface area contributed by atoms with Crippen LogP contribution in [-0.4, -0.2) is 68.2 Å². The summed E-state index contributed by atoms with van der Waals surface area (Å²) in [5.41, 5.74) is -7.38. The van der Waals surface area contributed by atoms with Gasteiger partial charge in [0.15, 0.2) is 0 Å². The van der Waals surface area contributed by atoms with Gasteiger partial charge in [-0.15, -0.1) is 0 Å². The molecule has 24 heteroatoms. The van der Waals surface area contributed by atoms with Gasteiger partial charge in [0.2, 0.25) is 0 Å². The average molecular weight is 578 g/mol. The minimum atomic E-state index is -1.39. The van der Waals surface area contributed by atoms with E-state index < -0.39 is 98.2 Å². The number of hydrogen-bond donors (Lipinski definition) is 2. The van der Waals surface area contributed by atoms with Crippen LogP contribution in [0.5, 0.6) is 34.5 Å². The van der Waals surface area contributed by atoms with Gasteiger partial charge in [-0.3, -0.25) is 60.7 Å². The maximum Gasteiger partial charge on any atom is 0.367 e. The Morgan fingerprint density at radius 1 is 0.400 bits per heavy atom. The molecule has 0 aliphatic heterocycles. The van der Waals surface area contributed by atoms with Crippen LogP contribution in [0.25, 0.3) is 0 Å². The second-order valence-corrected chi connectivity index (χ2v) is 6.46. The van der Waals surface area contributed by atoms with Crippen LogP contribution in [0.15, 0.2) is 0 Å². The number of nitrogens with zero attached hydrogens (tertiary/aromatic N) is 6. The molecule has 0 amide bonds. The molecule has 0 atom stereocenters. The van der Waals surface area contributed by atoms with Crippen molar-refractivity contribution in [3.63, 3.8) is 0 Å². The van der Waals surface area contributed by atoms with E-state index >= 15 is 0 Å². The molecule has 0 aliphatic rings. The van der Waals surface area contributed by atoms with Gasteiger partial charge < -0.3 is 29.2 Å². The third kappa shape index (κ3) is 5.48. The smallest absolute Gasteiger partial charge is 0.367 e. The highest BCUT2D eigenvalue weighted by molar-refractivity contribution is 5.82. The van der Waals surface area contributed by atoms with Crippen LogP contribution >= 0.6 is 0 Å². The standard InChI is InChI=1S/2C8H7N3O9/c2*1-19-7-3(9(13)14)6(12)4(10(15)16)8(20-2)5(7)11(17)18/h2*12H,1-2H3. The van der Waals surface area contributed by atoms with Gasteiger partial charge in [0.1, 0.15) is 0 Å². The van der Waals surface area contributed by atoms with Crippen molar-refractivity contribution in [1.82, 2.24) is 0 Å². The molecular weight excluding hydrogens is 564 g/mol. The van der Waals surface area contributed by atoms with Gasteiger partial charge in [-0.2, -0.15) is 0 Å². The molecule has 0 bridgehead atoms. The minimum absolute atomic E-state index is 0.875. The zero-order valence-electron chi connectivity index (χ0n) is 20.1. The first-order valence-corrected chi connectivity index (χ1v) is 9.43. The van der Waals surface area contributed by atoms with Gasteiger partial charge in [-0.25, -0.2) is 0 Å². The molecule has 0 fully saturated rings. The number of nitro benzene ring substituents is 6. The monoisotopic (exact) mass is 578 g/mol. The van der Waals surface area contributed by atoms with Crippen LogP contribution in [0.2, 0.25) is 0 Å². The normalized spacial score (nSPS) is 9.90. The number of aromatic hydroxyl groups is 2. The molecule has 2 rings (SSSR count). The molecule has 0 spiro atoms. The third-order valence-corrected chi connectivity index (χ3v) is 4.53. The molecule has 2 aromatic carbocycles. The highest BCUT2D eigenvalue weighted by atomic mass is 16.7. The Labute approximate surface area is 217 Å². The Hall–Kier alpha value is -6.36. The Kier molecular flexibility index (Phi) is 9.70. The lowest BCUT2D eigenvalue weighted by Crippen LogP contribution is -2.05. The molecule has 2 N–H and O–H groups in total. The van der Waals surface area contributed by atoms with Gasteiger partial charge in [0, 0.05) is 0 Å². The van der Waals surface area contributed by atoms with Crippen molar-refractivity contribution in [3.8, 4) is 34.5 Å². The topological polar surface area (TPSA) is 336 Å². The number of methoxy groups -OCH3 is 4. The third-order valence-electron chi connectivity index (χ3n) is 4.53. The fourth-order valence-electron chi connectivity index (χ4n) is 3.09. The fourth-order valence-corrected chi connectivity index (χ4v) is 3.09. The van der Waals surface area contributed by atoms with Crippen LogP contribution in [0.1, 0.15) is 0 Å². The summed E-state index contributed by atoms with van der Waals surface area (Å²) in [6.07, 6.45) is 0. The minimum Gasteiger partial charge on any atom is -0.497 e. The number of rotatable bonds is 10. The second kappa shape index (κ2) is 12.3. The maximum atomic E-state index is 10.9. The largest absolute Gasteiger partial charge is 0.497 e. The fraction of sp³-hybridized carbons (Fsp3) is 0.250. The lowest BCUT2D eigenvalue weighted by atomic mass is 10.1. The molecule has 40 heavy (non-hydrogen) atoms. The van der Waals surface area contributed by atoms with Crippen molar-refractivity contribution in [2.24, 2.45) is 0 Å². The Bertz CT molecular complexity index is 1240. The molecular formula is C16H14N6O18. The van der Waals surface area contributed by atoms with Crippen molar-refractivity contribution >= 4 is 34.1 Å². The number of ether oxygens (including phenoxy) is 4. The van der Waals surface area contributed by atoms with Crippen LogP contribution < -0.4 is 18.9 Å². The average Bonchev–Trinajstić information content (AvgIpc) is 2.85. The molecule has 0 heterocycles. The molecule has 0 saturated carbocycles. The van der Waals surface area contributed by atoms with Crippen LogP contribution in [0.3, 0.4) is 0 Å². The first kappa shape index (κ1) is 31.7. The van der Waals surface area contributed by atoms with Crippen LogP contribution in [-0.2, 0) is 0 Å². The summed E-state index contributed by atoms with van der Waals surface area (Å²) in [7, 11) is 3.50. The van der Waals surface area contributed by atoms with Crippen molar-refractivity contribution in [1.29, 1.82) is 0 Å². The van der Waals surface area contributed by atoms with Gasteiger partial charge in [-0.05, 0) is 0 Å². The number of nitro groups is 6. The van der Waals surface area contributed by atoms with Crippen molar-refractivity contribution < 1.29 is 58.7 Å². The predicted octanol–water partition coefficient (Wildman–Crippen LogP) is 2.27. The van der Waals surface area contributed by atoms with Crippen molar-refractivity contribution in [2.75, 3.05) is 28.4 Å². The maximum absolute atomic E-state index is 10.9. The van der Waals surface area contributed by atoms with E-state index in [2.05, 4.69) is 18.9 Å². The van der Waals surface area contributed by atoms with E-state index in [0.29, 0.717) is 0 Å². The van der Waals surface area contributed by atoms with E-state index in [-0.39, 0.29) is 0 Å². The Morgan fingerprint density at radius 3 is 0.650 bits per heavy atom. The Morgan fingerprint density at radius 2 is 0.550 bits per heavy atom. The van der Waals surface area contributed by atoms with E-state index in [1.807, 2.05) is 0 Å². The van der Waals surface area contributed by atoms with E-state index in [1.54, 1.807) is 0 Å². The molecule has 24 nitrogen and oxygen atoms in total. The van der Waals surface area contributed by atoms with Crippen molar-refractivity contribution in [3.05, 3.63) is 60.7 Å². The second-order valence-electron chi connectivity index (χ2n) is 6.46. The van der Waals surface area contributed by atoms with Gasteiger partial charge in [0.05, 0.1) is 58.0 Å². The molecule has 2 aromatic rings. The summed E-state index contributed by atoms with van der Waals surface area (Å²) in [5.74, 6) is -6.56. The summed E-state index contributed by atoms with van der Waals surface area (Å²) in [6, 6.07) is 0. The molecule has 0 unspecified atom stereocenters. The number of phenols is 2. The van der Waals surface area contributed by atoms with Gasteiger partial charge in [0.25, 0.3) is 34.5 Å². The van der Waals surface area contributed by atoms with Gasteiger partial charge in [-0.1, -0.05) is 0 Å². The molecule has 0 saturated heterocycles. The zero-order valence-corrected chi connectivity index (χ0v) is 20.1. The highest BCUT2D eigenvalue weighted by Gasteiger charge is 2.46. The molecule has 0 aromatic heterocycles. The summed E-state index contributed by atoms with van der Waals surface area (Å²) in [6.45, 7) is 0. The lowest BCUT2D eigenvalue weighted by Gasteiger charge is -2.08. The van der Waals surface area contributed by atoms with E-state index in [1.165, 1.54) is 0 Å². The number of phenolic OH excluding ortho intramolecular Hbond substituents is 2. The molecule has 216 valence electrons. The SMILES string of the molecule is COc1c([N+](=O)[O-])c(O)c([N+](=O)[O-])c(OC)c1[N+](=O)[O-].COc1c([N+](=O)[O-])c(O)c([N+](=O)[O-])c(OC)c1[N+](=O)[O-]. The lowest BCUT2D eigenvalue weighted by molar-refractivity contribution is -0.407. The molecule has 0 radical (unpaired) electrons. The van der Waals surface area contributed by atoms with Crippen LogP contribution in [0.4, 0.5) is 34.1 Å². The van der Waals surface area contributed by atoms with E-state index in [9.17, 15) is 70.9 Å². The van der Waals surface area contributed by atoms with E-state index in [4.69, 9.17) is 0 Å².